The molecule has 1 fully saturated rings. The molecule has 0 radical (unpaired) electrons. The van der Waals surface area contributed by atoms with Crippen molar-refractivity contribution in [2.24, 2.45) is 0 Å². The number of carbonyl (C=O) groups excluding carboxylic acids is 2. The number of rotatable bonds is 6. The maximum atomic E-state index is 13.4. The second kappa shape index (κ2) is 12.2. The van der Waals surface area contributed by atoms with E-state index in [2.05, 4.69) is 5.32 Å². The minimum absolute atomic E-state index is 0.0438. The lowest BCUT2D eigenvalue weighted by Crippen LogP contribution is -2.50. The quantitative estimate of drug-likeness (QED) is 0.646. The molecule has 1 heterocycles. The molecule has 1 aliphatic heterocycles. The standard InChI is InChI=1S/C17H23F2N3O2.C2HF3O2/c1-2-3-8-22(12-16(23)21-9-6-20-7-10-21)17(24)13-4-5-14(18)15(19)11-13;3-2(4,5)1(6)7/h4-5,11,20H,2-3,6-10,12H2,1H3;(H,6,7). The van der Waals surface area contributed by atoms with Crippen molar-refractivity contribution in [3.63, 3.8) is 0 Å². The molecule has 2 N–H and O–H groups in total. The Hall–Kier alpha value is -2.76. The molecule has 0 spiro atoms. The van der Waals surface area contributed by atoms with Crippen LogP contribution in [-0.4, -0.2) is 78.1 Å². The lowest BCUT2D eigenvalue weighted by atomic mass is 10.1. The van der Waals surface area contributed by atoms with E-state index in [1.165, 1.54) is 11.0 Å². The van der Waals surface area contributed by atoms with Crippen molar-refractivity contribution >= 4 is 17.8 Å². The Labute approximate surface area is 175 Å². The molecule has 0 atom stereocenters. The summed E-state index contributed by atoms with van der Waals surface area (Å²) in [4.78, 5) is 37.0. The van der Waals surface area contributed by atoms with Crippen molar-refractivity contribution < 1.29 is 41.4 Å². The Balaban J connectivity index is 0.000000592. The molecule has 2 amide bonds. The highest BCUT2D eigenvalue weighted by molar-refractivity contribution is 5.96. The van der Waals surface area contributed by atoms with E-state index in [9.17, 15) is 31.5 Å². The van der Waals surface area contributed by atoms with Gasteiger partial charge in [-0.1, -0.05) is 13.3 Å². The van der Waals surface area contributed by atoms with Gasteiger partial charge in [0.1, 0.15) is 6.54 Å². The van der Waals surface area contributed by atoms with Gasteiger partial charge in [0, 0.05) is 38.3 Å². The van der Waals surface area contributed by atoms with Crippen LogP contribution in [0.5, 0.6) is 0 Å². The zero-order chi connectivity index (χ0) is 23.6. The first kappa shape index (κ1) is 26.3. The minimum atomic E-state index is -5.08. The number of alkyl halides is 3. The summed E-state index contributed by atoms with van der Waals surface area (Å²) in [5, 5.41) is 10.3. The highest BCUT2D eigenvalue weighted by Gasteiger charge is 2.38. The molecule has 0 bridgehead atoms. The van der Waals surface area contributed by atoms with Gasteiger partial charge < -0.3 is 20.2 Å². The smallest absolute Gasteiger partial charge is 0.475 e. The maximum Gasteiger partial charge on any atom is 0.490 e. The van der Waals surface area contributed by atoms with E-state index in [1.54, 1.807) is 4.90 Å². The number of carbonyl (C=O) groups is 3. The van der Waals surface area contributed by atoms with Crippen LogP contribution in [0.2, 0.25) is 0 Å². The fraction of sp³-hybridized carbons (Fsp3) is 0.526. The molecular formula is C19H24F5N3O4. The fourth-order valence-electron chi connectivity index (χ4n) is 2.59. The first-order valence-electron chi connectivity index (χ1n) is 9.50. The van der Waals surface area contributed by atoms with Crippen LogP contribution in [0.1, 0.15) is 30.1 Å². The predicted molar refractivity (Wildman–Crippen MR) is 100 cm³/mol. The van der Waals surface area contributed by atoms with E-state index < -0.39 is 29.7 Å². The Morgan fingerprint density at radius 1 is 1.13 bits per heavy atom. The van der Waals surface area contributed by atoms with Crippen molar-refractivity contribution in [3.05, 3.63) is 35.4 Å². The van der Waals surface area contributed by atoms with Gasteiger partial charge in [-0.05, 0) is 24.6 Å². The number of unbranched alkanes of at least 4 members (excludes halogenated alkanes) is 1. The van der Waals surface area contributed by atoms with Crippen molar-refractivity contribution in [2.45, 2.75) is 25.9 Å². The van der Waals surface area contributed by atoms with Gasteiger partial charge in [-0.25, -0.2) is 13.6 Å². The molecule has 12 heteroatoms. The van der Waals surface area contributed by atoms with Crippen LogP contribution >= 0.6 is 0 Å². The van der Waals surface area contributed by atoms with Gasteiger partial charge >= 0.3 is 12.1 Å². The topological polar surface area (TPSA) is 90.0 Å². The second-order valence-electron chi connectivity index (χ2n) is 6.64. The number of benzene rings is 1. The number of amides is 2. The van der Waals surface area contributed by atoms with Gasteiger partial charge in [-0.2, -0.15) is 13.2 Å². The molecule has 0 saturated carbocycles. The average molecular weight is 453 g/mol. The summed E-state index contributed by atoms with van der Waals surface area (Å²) in [6.45, 7) is 5.04. The van der Waals surface area contributed by atoms with Gasteiger partial charge in [0.25, 0.3) is 5.91 Å². The molecule has 174 valence electrons. The molecular weight excluding hydrogens is 429 g/mol. The number of carboxylic acid groups (broad SMARTS) is 1. The third-order valence-electron chi connectivity index (χ3n) is 4.27. The number of hydrogen-bond donors (Lipinski definition) is 2. The Morgan fingerprint density at radius 2 is 1.71 bits per heavy atom. The molecule has 31 heavy (non-hydrogen) atoms. The van der Waals surface area contributed by atoms with E-state index in [4.69, 9.17) is 9.90 Å². The molecule has 7 nitrogen and oxygen atoms in total. The molecule has 1 aliphatic rings. The predicted octanol–water partition coefficient (Wildman–Crippen LogP) is 2.27. The molecule has 1 saturated heterocycles. The van der Waals surface area contributed by atoms with E-state index in [1.807, 2.05) is 6.92 Å². The maximum absolute atomic E-state index is 13.4. The molecule has 2 rings (SSSR count). The van der Waals surface area contributed by atoms with Gasteiger partial charge in [-0.15, -0.1) is 0 Å². The van der Waals surface area contributed by atoms with Crippen molar-refractivity contribution in [2.75, 3.05) is 39.3 Å². The monoisotopic (exact) mass is 453 g/mol. The number of hydrogen-bond acceptors (Lipinski definition) is 4. The summed E-state index contributed by atoms with van der Waals surface area (Å²) in [6, 6.07) is 3.06. The number of carboxylic acids is 1. The SMILES string of the molecule is CCCCN(CC(=O)N1CCNCC1)C(=O)c1ccc(F)c(F)c1.O=C(O)C(F)(F)F. The van der Waals surface area contributed by atoms with Crippen molar-refractivity contribution in [1.29, 1.82) is 0 Å². The lowest BCUT2D eigenvalue weighted by molar-refractivity contribution is -0.192. The molecule has 0 aromatic heterocycles. The summed E-state index contributed by atoms with van der Waals surface area (Å²) in [5.74, 6) is -5.39. The molecule has 0 aliphatic carbocycles. The highest BCUT2D eigenvalue weighted by Crippen LogP contribution is 2.13. The van der Waals surface area contributed by atoms with Crippen LogP contribution in [0, 0.1) is 11.6 Å². The molecule has 1 aromatic rings. The lowest BCUT2D eigenvalue weighted by Gasteiger charge is -2.30. The van der Waals surface area contributed by atoms with Crippen LogP contribution in [0.15, 0.2) is 18.2 Å². The van der Waals surface area contributed by atoms with Crippen molar-refractivity contribution in [3.8, 4) is 0 Å². The third kappa shape index (κ3) is 8.87. The fourth-order valence-corrected chi connectivity index (χ4v) is 2.59. The Bertz CT molecular complexity index is 767. The van der Waals surface area contributed by atoms with Crippen molar-refractivity contribution in [1.82, 2.24) is 15.1 Å². The molecule has 0 unspecified atom stereocenters. The van der Waals surface area contributed by atoms with Crippen LogP contribution < -0.4 is 5.32 Å². The van der Waals surface area contributed by atoms with E-state index >= 15 is 0 Å². The number of halogens is 5. The van der Waals surface area contributed by atoms with Gasteiger partial charge in [-0.3, -0.25) is 9.59 Å². The second-order valence-corrected chi connectivity index (χ2v) is 6.64. The Morgan fingerprint density at radius 3 is 2.19 bits per heavy atom. The average Bonchev–Trinajstić information content (AvgIpc) is 2.72. The van der Waals surface area contributed by atoms with Crippen LogP contribution in [0.25, 0.3) is 0 Å². The largest absolute Gasteiger partial charge is 0.490 e. The highest BCUT2D eigenvalue weighted by atomic mass is 19.4. The third-order valence-corrected chi connectivity index (χ3v) is 4.27. The number of nitrogens with zero attached hydrogens (tertiary/aromatic N) is 2. The first-order valence-corrected chi connectivity index (χ1v) is 9.50. The molecule has 1 aromatic carbocycles. The summed E-state index contributed by atoms with van der Waals surface area (Å²) < 4.78 is 58.2. The number of aliphatic carboxylic acids is 1. The van der Waals surface area contributed by atoms with E-state index in [0.29, 0.717) is 19.6 Å². The number of piperazine rings is 1. The van der Waals surface area contributed by atoms with E-state index in [0.717, 1.165) is 38.1 Å². The van der Waals surface area contributed by atoms with Crippen LogP contribution in [-0.2, 0) is 9.59 Å². The van der Waals surface area contributed by atoms with Gasteiger partial charge in [0.15, 0.2) is 11.6 Å². The van der Waals surface area contributed by atoms with Gasteiger partial charge in [0.05, 0.1) is 0 Å². The number of nitrogens with one attached hydrogen (secondary N) is 1. The van der Waals surface area contributed by atoms with E-state index in [-0.39, 0.29) is 18.0 Å². The zero-order valence-corrected chi connectivity index (χ0v) is 16.8. The summed E-state index contributed by atoms with van der Waals surface area (Å²) in [6.07, 6.45) is -3.48. The zero-order valence-electron chi connectivity index (χ0n) is 16.8. The Kier molecular flexibility index (Phi) is 10.3. The normalized spacial score (nSPS) is 13.8. The first-order chi connectivity index (χ1) is 14.5. The van der Waals surface area contributed by atoms with Gasteiger partial charge in [0.2, 0.25) is 5.91 Å². The summed E-state index contributed by atoms with van der Waals surface area (Å²) in [5.41, 5.74) is 0.0538. The van der Waals surface area contributed by atoms with Crippen LogP contribution in [0.3, 0.4) is 0 Å². The summed E-state index contributed by atoms with van der Waals surface area (Å²) >= 11 is 0. The van der Waals surface area contributed by atoms with Crippen LogP contribution in [0.4, 0.5) is 22.0 Å². The minimum Gasteiger partial charge on any atom is -0.475 e. The summed E-state index contributed by atoms with van der Waals surface area (Å²) in [7, 11) is 0.